The van der Waals surface area contributed by atoms with E-state index in [1.807, 2.05) is 11.0 Å². The van der Waals surface area contributed by atoms with E-state index in [0.29, 0.717) is 0 Å². The Kier molecular flexibility index (Phi) is 2.86. The fourth-order valence-corrected chi connectivity index (χ4v) is 3.30. The SMILES string of the molecule is Cc1cccc2c1CCN2C(=O)C1CCC(N)C1. The molecule has 0 radical (unpaired) electrons. The lowest BCUT2D eigenvalue weighted by Crippen LogP contribution is -2.34. The molecular formula is C15H20N2O. The summed E-state index contributed by atoms with van der Waals surface area (Å²) in [6.45, 7) is 2.96. The average Bonchev–Trinajstić information content (AvgIpc) is 2.95. The number of fused-ring (bicyclic) bond motifs is 1. The Morgan fingerprint density at radius 2 is 2.22 bits per heavy atom. The first-order valence-electron chi connectivity index (χ1n) is 6.82. The van der Waals surface area contributed by atoms with Crippen molar-refractivity contribution in [3.63, 3.8) is 0 Å². The summed E-state index contributed by atoms with van der Waals surface area (Å²) in [4.78, 5) is 14.5. The second-order valence-electron chi connectivity index (χ2n) is 5.58. The first-order chi connectivity index (χ1) is 8.66. The summed E-state index contributed by atoms with van der Waals surface area (Å²) < 4.78 is 0. The van der Waals surface area contributed by atoms with E-state index in [4.69, 9.17) is 5.73 Å². The van der Waals surface area contributed by atoms with Crippen molar-refractivity contribution in [3.05, 3.63) is 29.3 Å². The molecule has 1 aliphatic heterocycles. The maximum Gasteiger partial charge on any atom is 0.230 e. The van der Waals surface area contributed by atoms with E-state index in [2.05, 4.69) is 19.1 Å². The van der Waals surface area contributed by atoms with Crippen LogP contribution in [0, 0.1) is 12.8 Å². The van der Waals surface area contributed by atoms with Crippen molar-refractivity contribution in [2.45, 2.75) is 38.6 Å². The van der Waals surface area contributed by atoms with E-state index < -0.39 is 0 Å². The van der Waals surface area contributed by atoms with Gasteiger partial charge in [-0.2, -0.15) is 0 Å². The van der Waals surface area contributed by atoms with Crippen molar-refractivity contribution >= 4 is 11.6 Å². The van der Waals surface area contributed by atoms with E-state index in [1.54, 1.807) is 0 Å². The predicted molar refractivity (Wildman–Crippen MR) is 72.6 cm³/mol. The minimum absolute atomic E-state index is 0.145. The van der Waals surface area contributed by atoms with Crippen LogP contribution in [-0.2, 0) is 11.2 Å². The Bertz CT molecular complexity index is 483. The lowest BCUT2D eigenvalue weighted by Gasteiger charge is -2.21. The smallest absolute Gasteiger partial charge is 0.230 e. The van der Waals surface area contributed by atoms with E-state index >= 15 is 0 Å². The van der Waals surface area contributed by atoms with Gasteiger partial charge in [0.25, 0.3) is 0 Å². The molecule has 1 amide bonds. The molecule has 1 aliphatic carbocycles. The molecule has 1 saturated carbocycles. The van der Waals surface area contributed by atoms with Gasteiger partial charge in [0.15, 0.2) is 0 Å². The molecule has 3 nitrogen and oxygen atoms in total. The van der Waals surface area contributed by atoms with Crippen molar-refractivity contribution in [1.82, 2.24) is 0 Å². The second-order valence-corrected chi connectivity index (χ2v) is 5.58. The molecule has 2 N–H and O–H groups in total. The molecule has 1 heterocycles. The first-order valence-corrected chi connectivity index (χ1v) is 6.82. The van der Waals surface area contributed by atoms with Crippen molar-refractivity contribution in [2.24, 2.45) is 11.7 Å². The average molecular weight is 244 g/mol. The molecule has 3 heteroatoms. The number of benzene rings is 1. The molecule has 0 spiro atoms. The number of nitrogens with two attached hydrogens (primary N) is 1. The molecule has 96 valence electrons. The molecule has 2 unspecified atom stereocenters. The van der Waals surface area contributed by atoms with Gasteiger partial charge in [0.2, 0.25) is 5.91 Å². The van der Waals surface area contributed by atoms with Gasteiger partial charge in [-0.1, -0.05) is 12.1 Å². The van der Waals surface area contributed by atoms with E-state index in [-0.39, 0.29) is 17.9 Å². The molecule has 1 aromatic rings. The molecule has 0 aromatic heterocycles. The van der Waals surface area contributed by atoms with Gasteiger partial charge in [-0.3, -0.25) is 4.79 Å². The molecule has 1 aromatic carbocycles. The normalized spacial score (nSPS) is 26.4. The van der Waals surface area contributed by atoms with Crippen LogP contribution >= 0.6 is 0 Å². The summed E-state index contributed by atoms with van der Waals surface area (Å²) in [6.07, 6.45) is 3.80. The summed E-state index contributed by atoms with van der Waals surface area (Å²) >= 11 is 0. The molecule has 3 rings (SSSR count). The highest BCUT2D eigenvalue weighted by atomic mass is 16.2. The monoisotopic (exact) mass is 244 g/mol. The minimum Gasteiger partial charge on any atom is -0.328 e. The van der Waals surface area contributed by atoms with Crippen LogP contribution < -0.4 is 10.6 Å². The number of rotatable bonds is 1. The molecule has 1 fully saturated rings. The van der Waals surface area contributed by atoms with Crippen LogP contribution in [-0.4, -0.2) is 18.5 Å². The van der Waals surface area contributed by atoms with Crippen LogP contribution in [0.1, 0.15) is 30.4 Å². The number of aryl methyl sites for hydroxylation is 1. The third-order valence-electron chi connectivity index (χ3n) is 4.35. The van der Waals surface area contributed by atoms with Crippen molar-refractivity contribution in [3.8, 4) is 0 Å². The number of carbonyl (C=O) groups excluding carboxylic acids is 1. The Morgan fingerprint density at radius 3 is 2.94 bits per heavy atom. The highest BCUT2D eigenvalue weighted by Crippen LogP contribution is 2.34. The molecule has 2 aliphatic rings. The van der Waals surface area contributed by atoms with Crippen LogP contribution in [0.15, 0.2) is 18.2 Å². The number of hydrogen-bond donors (Lipinski definition) is 1. The lowest BCUT2D eigenvalue weighted by molar-refractivity contribution is -0.122. The molecular weight excluding hydrogens is 224 g/mol. The van der Waals surface area contributed by atoms with Gasteiger partial charge in [0, 0.05) is 24.2 Å². The molecule has 2 atom stereocenters. The summed E-state index contributed by atoms with van der Waals surface area (Å²) in [6, 6.07) is 6.46. The predicted octanol–water partition coefficient (Wildman–Crippen LogP) is 2.01. The number of carbonyl (C=O) groups is 1. The Labute approximate surface area is 108 Å². The summed E-state index contributed by atoms with van der Waals surface area (Å²) in [5.41, 5.74) is 9.67. The van der Waals surface area contributed by atoms with Gasteiger partial charge in [0.1, 0.15) is 0 Å². The number of hydrogen-bond acceptors (Lipinski definition) is 2. The summed E-state index contributed by atoms with van der Waals surface area (Å²) in [7, 11) is 0. The van der Waals surface area contributed by atoms with Crippen molar-refractivity contribution in [1.29, 1.82) is 0 Å². The van der Waals surface area contributed by atoms with Crippen LogP contribution in [0.4, 0.5) is 5.69 Å². The fraction of sp³-hybridized carbons (Fsp3) is 0.533. The van der Waals surface area contributed by atoms with Gasteiger partial charge in [0.05, 0.1) is 0 Å². The summed E-state index contributed by atoms with van der Waals surface area (Å²) in [5.74, 6) is 0.429. The van der Waals surface area contributed by atoms with Crippen LogP contribution in [0.25, 0.3) is 0 Å². The highest BCUT2D eigenvalue weighted by molar-refractivity contribution is 5.97. The van der Waals surface area contributed by atoms with E-state index in [0.717, 1.165) is 37.9 Å². The number of anilines is 1. The Hall–Kier alpha value is -1.35. The molecule has 0 bridgehead atoms. The minimum atomic E-state index is 0.145. The standard InChI is InChI=1S/C15H20N2O/c1-10-3-2-4-14-13(10)7-8-17(14)15(18)11-5-6-12(16)9-11/h2-4,11-12H,5-9,16H2,1H3. The van der Waals surface area contributed by atoms with E-state index in [9.17, 15) is 4.79 Å². The molecule has 0 saturated heterocycles. The van der Waals surface area contributed by atoms with Crippen LogP contribution in [0.3, 0.4) is 0 Å². The lowest BCUT2D eigenvalue weighted by atomic mass is 10.1. The first kappa shape index (κ1) is 11.7. The summed E-state index contributed by atoms with van der Waals surface area (Å²) in [5, 5.41) is 0. The van der Waals surface area contributed by atoms with Crippen molar-refractivity contribution in [2.75, 3.05) is 11.4 Å². The van der Waals surface area contributed by atoms with Crippen LogP contribution in [0.5, 0.6) is 0 Å². The Morgan fingerprint density at radius 1 is 1.39 bits per heavy atom. The maximum atomic E-state index is 12.5. The fourth-order valence-electron chi connectivity index (χ4n) is 3.30. The zero-order valence-corrected chi connectivity index (χ0v) is 10.9. The third kappa shape index (κ3) is 1.83. The van der Waals surface area contributed by atoms with Gasteiger partial charge < -0.3 is 10.6 Å². The maximum absolute atomic E-state index is 12.5. The van der Waals surface area contributed by atoms with Gasteiger partial charge in [-0.15, -0.1) is 0 Å². The van der Waals surface area contributed by atoms with Gasteiger partial charge >= 0.3 is 0 Å². The Balaban J connectivity index is 1.84. The van der Waals surface area contributed by atoms with Crippen molar-refractivity contribution < 1.29 is 4.79 Å². The number of nitrogens with zero attached hydrogens (tertiary/aromatic N) is 1. The van der Waals surface area contributed by atoms with E-state index in [1.165, 1.54) is 11.1 Å². The zero-order valence-electron chi connectivity index (χ0n) is 10.9. The largest absolute Gasteiger partial charge is 0.328 e. The van der Waals surface area contributed by atoms with Gasteiger partial charge in [-0.25, -0.2) is 0 Å². The topological polar surface area (TPSA) is 46.3 Å². The second kappa shape index (κ2) is 4.39. The molecule has 18 heavy (non-hydrogen) atoms. The number of amides is 1. The quantitative estimate of drug-likeness (QED) is 0.821. The van der Waals surface area contributed by atoms with Gasteiger partial charge in [-0.05, 0) is 49.8 Å². The highest BCUT2D eigenvalue weighted by Gasteiger charge is 2.34. The zero-order chi connectivity index (χ0) is 12.7. The van der Waals surface area contributed by atoms with Crippen LogP contribution in [0.2, 0.25) is 0 Å². The third-order valence-corrected chi connectivity index (χ3v) is 4.35.